The molecule has 0 aromatic heterocycles. The number of carbonyl (C=O) groups excluding carboxylic acids is 2. The summed E-state index contributed by atoms with van der Waals surface area (Å²) in [6.45, 7) is 6.03. The summed E-state index contributed by atoms with van der Waals surface area (Å²) in [5.41, 5.74) is 1.33. The van der Waals surface area contributed by atoms with E-state index in [0.717, 1.165) is 12.0 Å². The molecule has 138 valence electrons. The Morgan fingerprint density at radius 2 is 1.76 bits per heavy atom. The monoisotopic (exact) mass is 350 g/mol. The number of aliphatic carboxylic acids is 1. The van der Waals surface area contributed by atoms with Gasteiger partial charge in [0.1, 0.15) is 12.6 Å². The van der Waals surface area contributed by atoms with E-state index in [4.69, 9.17) is 9.84 Å². The van der Waals surface area contributed by atoms with E-state index in [1.165, 1.54) is 0 Å². The van der Waals surface area contributed by atoms with Crippen molar-refractivity contribution in [3.63, 3.8) is 0 Å². The first-order chi connectivity index (χ1) is 11.8. The van der Waals surface area contributed by atoms with Crippen molar-refractivity contribution >= 4 is 23.5 Å². The highest BCUT2D eigenvalue weighted by atomic mass is 16.5. The summed E-state index contributed by atoms with van der Waals surface area (Å²) in [5, 5.41) is 13.6. The minimum Gasteiger partial charge on any atom is -0.480 e. The fourth-order valence-corrected chi connectivity index (χ4v) is 1.93. The van der Waals surface area contributed by atoms with Crippen LogP contribution in [0.3, 0.4) is 0 Å². The van der Waals surface area contributed by atoms with E-state index in [0.29, 0.717) is 18.2 Å². The molecule has 1 aromatic rings. The minimum atomic E-state index is -1.09. The summed E-state index contributed by atoms with van der Waals surface area (Å²) in [5.74, 6) is -1.16. The van der Waals surface area contributed by atoms with Crippen LogP contribution >= 0.6 is 0 Å². The normalized spacial score (nSPS) is 11.8. The van der Waals surface area contributed by atoms with Crippen molar-refractivity contribution in [3.8, 4) is 0 Å². The molecule has 1 unspecified atom stereocenters. The predicted molar refractivity (Wildman–Crippen MR) is 94.3 cm³/mol. The number of amides is 2. The molecule has 0 fully saturated rings. The molecule has 0 saturated carbocycles. The highest BCUT2D eigenvalue weighted by Crippen LogP contribution is 2.11. The van der Waals surface area contributed by atoms with Gasteiger partial charge >= 0.3 is 5.97 Å². The van der Waals surface area contributed by atoms with E-state index < -0.39 is 18.6 Å². The fourth-order valence-electron chi connectivity index (χ4n) is 1.93. The van der Waals surface area contributed by atoms with Crippen LogP contribution in [0.4, 0.5) is 5.69 Å². The summed E-state index contributed by atoms with van der Waals surface area (Å²) in [6.07, 6.45) is 0.437. The third-order valence-electron chi connectivity index (χ3n) is 3.46. The summed E-state index contributed by atoms with van der Waals surface area (Å²) in [6, 6.07) is 6.80. The highest BCUT2D eigenvalue weighted by Gasteiger charge is 2.14. The summed E-state index contributed by atoms with van der Waals surface area (Å²) < 4.78 is 5.50. The Kier molecular flexibility index (Phi) is 8.63. The summed E-state index contributed by atoms with van der Waals surface area (Å²) in [7, 11) is 0. The molecule has 0 spiro atoms. The first kappa shape index (κ1) is 20.6. The Morgan fingerprint density at radius 1 is 1.12 bits per heavy atom. The van der Waals surface area contributed by atoms with Gasteiger partial charge in [0.05, 0.1) is 6.42 Å². The van der Waals surface area contributed by atoms with Crippen molar-refractivity contribution in [1.82, 2.24) is 5.32 Å². The molecular formula is C18H26N2O5. The van der Waals surface area contributed by atoms with Crippen LogP contribution in [0.15, 0.2) is 24.3 Å². The van der Waals surface area contributed by atoms with Gasteiger partial charge in [0, 0.05) is 12.3 Å². The number of ether oxygens (including phenoxy) is 1. The zero-order valence-corrected chi connectivity index (χ0v) is 14.9. The Morgan fingerprint density at radius 3 is 2.32 bits per heavy atom. The maximum Gasteiger partial charge on any atom is 0.322 e. The Balaban J connectivity index is 2.44. The van der Waals surface area contributed by atoms with Gasteiger partial charge in [-0.15, -0.1) is 0 Å². The van der Waals surface area contributed by atoms with Gasteiger partial charge in [-0.05, 0) is 37.0 Å². The molecule has 0 aliphatic carbocycles. The maximum atomic E-state index is 12.0. The van der Waals surface area contributed by atoms with Crippen molar-refractivity contribution in [1.29, 1.82) is 0 Å². The van der Waals surface area contributed by atoms with Crippen molar-refractivity contribution in [3.05, 3.63) is 29.8 Å². The standard InChI is InChI=1S/C18H26N2O5/c1-12(2)8-9-25-13(3)18(24)20-15-6-4-14(5-7-15)10-16(21)19-11-17(22)23/h4-7,12-13H,8-11H2,1-3H3,(H,19,21)(H,20,24)(H,22,23). The average Bonchev–Trinajstić information content (AvgIpc) is 2.54. The quantitative estimate of drug-likeness (QED) is 0.597. The fraction of sp³-hybridized carbons (Fsp3) is 0.500. The first-order valence-corrected chi connectivity index (χ1v) is 8.27. The molecule has 1 aromatic carbocycles. The van der Waals surface area contributed by atoms with Crippen LogP contribution in [-0.2, 0) is 25.5 Å². The maximum absolute atomic E-state index is 12.0. The van der Waals surface area contributed by atoms with Crippen molar-refractivity contribution < 1.29 is 24.2 Å². The van der Waals surface area contributed by atoms with Crippen LogP contribution < -0.4 is 10.6 Å². The van der Waals surface area contributed by atoms with Crippen molar-refractivity contribution in [2.45, 2.75) is 39.7 Å². The van der Waals surface area contributed by atoms with E-state index in [1.807, 2.05) is 0 Å². The largest absolute Gasteiger partial charge is 0.480 e. The van der Waals surface area contributed by atoms with Crippen LogP contribution in [0.2, 0.25) is 0 Å². The van der Waals surface area contributed by atoms with Gasteiger partial charge in [0.15, 0.2) is 0 Å². The molecule has 0 heterocycles. The lowest BCUT2D eigenvalue weighted by Gasteiger charge is -2.14. The van der Waals surface area contributed by atoms with Gasteiger partial charge in [0.25, 0.3) is 5.91 Å². The van der Waals surface area contributed by atoms with Gasteiger partial charge in [-0.3, -0.25) is 14.4 Å². The second kappa shape index (κ2) is 10.5. The number of hydrogen-bond donors (Lipinski definition) is 3. The number of hydrogen-bond acceptors (Lipinski definition) is 4. The number of carbonyl (C=O) groups is 3. The van der Waals surface area contributed by atoms with E-state index in [1.54, 1.807) is 31.2 Å². The zero-order valence-electron chi connectivity index (χ0n) is 14.9. The molecule has 0 aliphatic rings. The van der Waals surface area contributed by atoms with Crippen LogP contribution in [0.25, 0.3) is 0 Å². The molecule has 1 atom stereocenters. The number of rotatable bonds is 10. The molecule has 7 heteroatoms. The molecule has 3 N–H and O–H groups in total. The van der Waals surface area contributed by atoms with E-state index >= 15 is 0 Å². The molecule has 1 rings (SSSR count). The molecule has 0 bridgehead atoms. The van der Waals surface area contributed by atoms with Gasteiger partial charge in [0.2, 0.25) is 5.91 Å². The van der Waals surface area contributed by atoms with Crippen molar-refractivity contribution in [2.24, 2.45) is 5.92 Å². The molecule has 7 nitrogen and oxygen atoms in total. The number of anilines is 1. The number of carboxylic acids is 1. The van der Waals surface area contributed by atoms with Gasteiger partial charge in [-0.25, -0.2) is 0 Å². The Hall–Kier alpha value is -2.41. The van der Waals surface area contributed by atoms with Crippen LogP contribution in [0, 0.1) is 5.92 Å². The topological polar surface area (TPSA) is 105 Å². The SMILES string of the molecule is CC(C)CCOC(C)C(=O)Nc1ccc(CC(=O)NCC(=O)O)cc1. The van der Waals surface area contributed by atoms with Gasteiger partial charge < -0.3 is 20.5 Å². The molecular weight excluding hydrogens is 324 g/mol. The third kappa shape index (κ3) is 8.85. The zero-order chi connectivity index (χ0) is 18.8. The van der Waals surface area contributed by atoms with E-state index in [-0.39, 0.29) is 18.2 Å². The van der Waals surface area contributed by atoms with E-state index in [2.05, 4.69) is 24.5 Å². The lowest BCUT2D eigenvalue weighted by molar-refractivity contribution is -0.137. The second-order valence-corrected chi connectivity index (χ2v) is 6.23. The van der Waals surface area contributed by atoms with Crippen molar-refractivity contribution in [2.75, 3.05) is 18.5 Å². The summed E-state index contributed by atoms with van der Waals surface area (Å²) in [4.78, 5) is 34.0. The average molecular weight is 350 g/mol. The number of nitrogens with one attached hydrogen (secondary N) is 2. The summed E-state index contributed by atoms with van der Waals surface area (Å²) >= 11 is 0. The lowest BCUT2D eigenvalue weighted by atomic mass is 10.1. The van der Waals surface area contributed by atoms with Crippen LogP contribution in [0.1, 0.15) is 32.8 Å². The predicted octanol–water partition coefficient (Wildman–Crippen LogP) is 1.82. The van der Waals surface area contributed by atoms with Crippen LogP contribution in [0.5, 0.6) is 0 Å². The smallest absolute Gasteiger partial charge is 0.322 e. The lowest BCUT2D eigenvalue weighted by Crippen LogP contribution is -2.30. The molecule has 0 radical (unpaired) electrons. The number of carboxylic acid groups (broad SMARTS) is 1. The Labute approximate surface area is 147 Å². The number of benzene rings is 1. The van der Waals surface area contributed by atoms with Gasteiger partial charge in [-0.2, -0.15) is 0 Å². The van der Waals surface area contributed by atoms with E-state index in [9.17, 15) is 14.4 Å². The minimum absolute atomic E-state index is 0.0796. The third-order valence-corrected chi connectivity index (χ3v) is 3.46. The highest BCUT2D eigenvalue weighted by molar-refractivity contribution is 5.94. The molecule has 25 heavy (non-hydrogen) atoms. The molecule has 2 amide bonds. The Bertz CT molecular complexity index is 584. The first-order valence-electron chi connectivity index (χ1n) is 8.27. The van der Waals surface area contributed by atoms with Gasteiger partial charge in [-0.1, -0.05) is 26.0 Å². The molecule has 0 aliphatic heterocycles. The second-order valence-electron chi connectivity index (χ2n) is 6.23. The van der Waals surface area contributed by atoms with Crippen LogP contribution in [-0.4, -0.2) is 42.1 Å². The molecule has 0 saturated heterocycles.